The van der Waals surface area contributed by atoms with Gasteiger partial charge in [-0.05, 0) is 55.3 Å². The molecule has 0 radical (unpaired) electrons. The minimum atomic E-state index is -1.21. The molecular formula is C26H40O5. The lowest BCUT2D eigenvalue weighted by Crippen LogP contribution is -2.63. The zero-order valence-electron chi connectivity index (χ0n) is 19.6. The maximum Gasteiger partial charge on any atom is 0.315 e. The smallest absolute Gasteiger partial charge is 0.315 e. The van der Waals surface area contributed by atoms with E-state index in [0.29, 0.717) is 26.1 Å². The summed E-state index contributed by atoms with van der Waals surface area (Å²) >= 11 is 0. The quantitative estimate of drug-likeness (QED) is 0.302. The van der Waals surface area contributed by atoms with E-state index in [1.54, 1.807) is 0 Å². The van der Waals surface area contributed by atoms with E-state index in [-0.39, 0.29) is 29.6 Å². The molecule has 31 heavy (non-hydrogen) atoms. The van der Waals surface area contributed by atoms with Gasteiger partial charge in [0.05, 0.1) is 18.1 Å². The average molecular weight is 433 g/mol. The molecule has 4 bridgehead atoms. The molecule has 0 aromatic carbocycles. The number of carbonyl (C=O) groups excluding carboxylic acids is 1. The van der Waals surface area contributed by atoms with E-state index in [1.807, 2.05) is 13.8 Å². The minimum absolute atomic E-state index is 0.0526. The molecule has 0 amide bonds. The summed E-state index contributed by atoms with van der Waals surface area (Å²) in [6.07, 6.45) is 9.03. The molecule has 8 atom stereocenters. The highest BCUT2D eigenvalue weighted by atomic mass is 16.5. The van der Waals surface area contributed by atoms with Crippen LogP contribution < -0.4 is 0 Å². The van der Waals surface area contributed by atoms with Gasteiger partial charge in [-0.25, -0.2) is 0 Å². The largest absolute Gasteiger partial charge is 0.481 e. The van der Waals surface area contributed by atoms with E-state index in [0.717, 1.165) is 31.1 Å². The molecule has 5 nitrogen and oxygen atoms in total. The molecule has 4 aliphatic carbocycles. The van der Waals surface area contributed by atoms with Crippen LogP contribution in [0.25, 0.3) is 0 Å². The molecule has 174 valence electrons. The van der Waals surface area contributed by atoms with Crippen LogP contribution in [0.1, 0.15) is 72.6 Å². The first-order valence-corrected chi connectivity index (χ1v) is 12.4. The van der Waals surface area contributed by atoms with Crippen molar-refractivity contribution in [2.75, 3.05) is 13.2 Å². The van der Waals surface area contributed by atoms with Crippen molar-refractivity contribution in [2.45, 2.75) is 78.7 Å². The van der Waals surface area contributed by atoms with E-state index in [1.165, 1.54) is 12.8 Å². The number of unbranched alkanes of at least 4 members (excludes halogenated alkanes) is 3. The first-order valence-electron chi connectivity index (χ1n) is 12.4. The highest BCUT2D eigenvalue weighted by molar-refractivity contribution is 5.90. The second-order valence-electron chi connectivity index (χ2n) is 11.2. The highest BCUT2D eigenvalue weighted by Gasteiger charge is 2.84. The molecule has 0 spiro atoms. The summed E-state index contributed by atoms with van der Waals surface area (Å²) in [6, 6.07) is 0. The van der Waals surface area contributed by atoms with Gasteiger partial charge in [-0.3, -0.25) is 4.79 Å². The van der Waals surface area contributed by atoms with Gasteiger partial charge in [0.2, 0.25) is 0 Å². The van der Waals surface area contributed by atoms with Crippen molar-refractivity contribution in [2.24, 2.45) is 45.8 Å². The maximum absolute atomic E-state index is 13.3. The minimum Gasteiger partial charge on any atom is -0.481 e. The molecule has 3 saturated carbocycles. The van der Waals surface area contributed by atoms with Crippen LogP contribution in [0, 0.1) is 45.8 Å². The summed E-state index contributed by atoms with van der Waals surface area (Å²) in [5.41, 5.74) is -1.83. The second-order valence-corrected chi connectivity index (χ2v) is 11.2. The Balaban J connectivity index is 1.77. The molecule has 0 saturated heterocycles. The standard InChI is InChI=1S/C26H40O5/c1-5-6-7-8-9-31-15-25-13-19-17(4)22(28)11-21(19)24(14-27)12-18(25)10-20(16(2)3)26(24,25)23(29)30/h10,14,16-19,21-22,28H,5-9,11-13,15H2,1-4H3,(H,29,30)/t17-,18?,19+,21+,22-,24?,25?,26-/m0/s1. The van der Waals surface area contributed by atoms with Crippen LogP contribution in [-0.4, -0.2) is 41.8 Å². The summed E-state index contributed by atoms with van der Waals surface area (Å²) in [5, 5.41) is 21.6. The van der Waals surface area contributed by atoms with E-state index >= 15 is 0 Å². The van der Waals surface area contributed by atoms with E-state index in [4.69, 9.17) is 4.74 Å². The van der Waals surface area contributed by atoms with Gasteiger partial charge < -0.3 is 19.7 Å². The molecule has 0 aliphatic heterocycles. The third kappa shape index (κ3) is 2.75. The van der Waals surface area contributed by atoms with Crippen LogP contribution in [0.2, 0.25) is 0 Å². The maximum atomic E-state index is 13.3. The molecular weight excluding hydrogens is 392 g/mol. The first kappa shape index (κ1) is 23.0. The predicted molar refractivity (Wildman–Crippen MR) is 118 cm³/mol. The fraction of sp³-hybridized carbons (Fsp3) is 0.846. The number of ether oxygens (including phenoxy) is 1. The Kier molecular flexibility index (Phi) is 5.92. The molecule has 0 heterocycles. The summed E-state index contributed by atoms with van der Waals surface area (Å²) in [6.45, 7) is 9.39. The van der Waals surface area contributed by atoms with Crippen LogP contribution in [0.15, 0.2) is 11.6 Å². The van der Waals surface area contributed by atoms with Crippen LogP contribution in [0.5, 0.6) is 0 Å². The van der Waals surface area contributed by atoms with Gasteiger partial charge in [0.15, 0.2) is 0 Å². The van der Waals surface area contributed by atoms with Crippen molar-refractivity contribution < 1.29 is 24.5 Å². The number of aliphatic carboxylic acids is 1. The van der Waals surface area contributed by atoms with E-state index in [2.05, 4.69) is 19.9 Å². The van der Waals surface area contributed by atoms with Crippen molar-refractivity contribution >= 4 is 12.3 Å². The van der Waals surface area contributed by atoms with Crippen molar-refractivity contribution in [3.63, 3.8) is 0 Å². The molecule has 5 heteroatoms. The number of allylic oxidation sites excluding steroid dienone is 1. The highest BCUT2D eigenvalue weighted by Crippen LogP contribution is 2.82. The van der Waals surface area contributed by atoms with Gasteiger partial charge >= 0.3 is 5.97 Å². The average Bonchev–Trinajstić information content (AvgIpc) is 3.25. The Hall–Kier alpha value is -1.20. The topological polar surface area (TPSA) is 83.8 Å². The van der Waals surface area contributed by atoms with Crippen molar-refractivity contribution in [3.8, 4) is 0 Å². The number of rotatable bonds is 10. The SMILES string of the molecule is CCCCCCOCC12C[C@@H]3[C@H](C)[C@@H](O)C[C@H]3C3(C=O)CC1C=C(C(C)C)[C@@]23C(=O)O. The molecule has 2 N–H and O–H groups in total. The number of carboxylic acid groups (broad SMARTS) is 1. The first-order chi connectivity index (χ1) is 14.7. The van der Waals surface area contributed by atoms with E-state index in [9.17, 15) is 19.8 Å². The number of aliphatic hydroxyl groups is 1. The molecule has 0 aromatic rings. The number of hydrogen-bond acceptors (Lipinski definition) is 4. The third-order valence-electron chi connectivity index (χ3n) is 9.74. The molecule has 4 aliphatic rings. The van der Waals surface area contributed by atoms with Crippen LogP contribution in [-0.2, 0) is 14.3 Å². The lowest BCUT2D eigenvalue weighted by Gasteiger charge is -2.58. The van der Waals surface area contributed by atoms with Crippen LogP contribution in [0.3, 0.4) is 0 Å². The second kappa shape index (κ2) is 7.98. The molecule has 3 unspecified atom stereocenters. The number of aldehydes is 1. The van der Waals surface area contributed by atoms with Gasteiger partial charge in [0, 0.05) is 12.0 Å². The van der Waals surface area contributed by atoms with Crippen molar-refractivity contribution in [3.05, 3.63) is 11.6 Å². The van der Waals surface area contributed by atoms with Gasteiger partial charge in [-0.2, -0.15) is 0 Å². The Bertz CT molecular complexity index is 759. The molecule has 0 aromatic heterocycles. The van der Waals surface area contributed by atoms with Crippen molar-refractivity contribution in [1.29, 1.82) is 0 Å². The third-order valence-corrected chi connectivity index (χ3v) is 9.74. The Morgan fingerprint density at radius 2 is 2.03 bits per heavy atom. The molecule has 3 fully saturated rings. The summed E-state index contributed by atoms with van der Waals surface area (Å²) in [5.74, 6) is -0.569. The number of carboxylic acids is 1. The zero-order valence-corrected chi connectivity index (χ0v) is 19.6. The predicted octanol–water partition coefficient (Wildman–Crippen LogP) is 4.48. The fourth-order valence-electron chi connectivity index (χ4n) is 8.49. The van der Waals surface area contributed by atoms with Gasteiger partial charge in [-0.1, -0.05) is 58.6 Å². The van der Waals surface area contributed by atoms with Gasteiger partial charge in [-0.15, -0.1) is 0 Å². The molecule has 4 rings (SSSR count). The van der Waals surface area contributed by atoms with Gasteiger partial charge in [0.1, 0.15) is 11.7 Å². The summed E-state index contributed by atoms with van der Waals surface area (Å²) in [7, 11) is 0. The monoisotopic (exact) mass is 432 g/mol. The number of fused-ring (bicyclic) bond motifs is 2. The van der Waals surface area contributed by atoms with Crippen LogP contribution in [0.4, 0.5) is 0 Å². The van der Waals surface area contributed by atoms with E-state index < -0.39 is 28.3 Å². The van der Waals surface area contributed by atoms with Crippen LogP contribution >= 0.6 is 0 Å². The fourth-order valence-corrected chi connectivity index (χ4v) is 8.49. The van der Waals surface area contributed by atoms with Crippen molar-refractivity contribution in [1.82, 2.24) is 0 Å². The normalized spacial score (nSPS) is 45.1. The lowest BCUT2D eigenvalue weighted by atomic mass is 9.43. The zero-order chi connectivity index (χ0) is 22.6. The number of aliphatic hydroxyl groups excluding tert-OH is 1. The Morgan fingerprint density at radius 1 is 1.29 bits per heavy atom. The summed E-state index contributed by atoms with van der Waals surface area (Å²) in [4.78, 5) is 26.2. The lowest BCUT2D eigenvalue weighted by molar-refractivity contribution is -0.186. The summed E-state index contributed by atoms with van der Waals surface area (Å²) < 4.78 is 6.25. The number of hydrogen-bond donors (Lipinski definition) is 2. The Morgan fingerprint density at radius 3 is 2.65 bits per heavy atom. The number of carbonyl (C=O) groups is 2. The van der Waals surface area contributed by atoms with Gasteiger partial charge in [0.25, 0.3) is 0 Å². The Labute approximate surface area is 186 Å².